The van der Waals surface area contributed by atoms with Crippen LogP contribution in [0.4, 0.5) is 0 Å². The second kappa shape index (κ2) is 9.23. The summed E-state index contributed by atoms with van der Waals surface area (Å²) < 4.78 is 0. The summed E-state index contributed by atoms with van der Waals surface area (Å²) in [7, 11) is 0. The second-order valence-corrected chi connectivity index (χ2v) is 7.40. The number of hydrogen-bond donors (Lipinski definition) is 1. The van der Waals surface area contributed by atoms with Gasteiger partial charge in [-0.25, -0.2) is 0 Å². The van der Waals surface area contributed by atoms with Gasteiger partial charge >= 0.3 is 0 Å². The van der Waals surface area contributed by atoms with Crippen LogP contribution in [0, 0.1) is 0 Å². The van der Waals surface area contributed by atoms with E-state index in [1.165, 1.54) is 11.3 Å². The van der Waals surface area contributed by atoms with E-state index < -0.39 is 0 Å². The first-order valence-electron chi connectivity index (χ1n) is 7.96. The maximum absolute atomic E-state index is 12.7. The van der Waals surface area contributed by atoms with Gasteiger partial charge in [-0.05, 0) is 44.2 Å². The highest BCUT2D eigenvalue weighted by Crippen LogP contribution is 2.22. The lowest BCUT2D eigenvalue weighted by atomic mass is 9.89. The molecule has 1 aromatic rings. The molecule has 23 heavy (non-hydrogen) atoms. The van der Waals surface area contributed by atoms with Crippen LogP contribution in [0.1, 0.15) is 31.1 Å². The van der Waals surface area contributed by atoms with E-state index in [0.29, 0.717) is 5.91 Å². The minimum atomic E-state index is -0.325. The van der Waals surface area contributed by atoms with Gasteiger partial charge in [0.2, 0.25) is 5.91 Å². The molecule has 7 heteroatoms. The highest BCUT2D eigenvalue weighted by atomic mass is 35.5. The van der Waals surface area contributed by atoms with Crippen molar-refractivity contribution in [2.24, 2.45) is 0 Å². The molecule has 132 valence electrons. The van der Waals surface area contributed by atoms with Crippen LogP contribution in [0.3, 0.4) is 0 Å². The molecule has 0 spiro atoms. The highest BCUT2D eigenvalue weighted by molar-refractivity contribution is 7.09. The van der Waals surface area contributed by atoms with Gasteiger partial charge < -0.3 is 10.2 Å². The number of piperazine rings is 1. The highest BCUT2D eigenvalue weighted by Gasteiger charge is 2.38. The summed E-state index contributed by atoms with van der Waals surface area (Å²) >= 11 is 1.81. The zero-order valence-electron chi connectivity index (χ0n) is 13.6. The van der Waals surface area contributed by atoms with Gasteiger partial charge in [0.05, 0.1) is 5.54 Å². The number of nitrogens with zero attached hydrogens (tertiary/aromatic N) is 2. The van der Waals surface area contributed by atoms with Gasteiger partial charge in [0.1, 0.15) is 0 Å². The molecule has 0 aromatic carbocycles. The lowest BCUT2D eigenvalue weighted by Crippen LogP contribution is -2.61. The summed E-state index contributed by atoms with van der Waals surface area (Å²) in [5.74, 6) is 0.304. The maximum atomic E-state index is 12.7. The van der Waals surface area contributed by atoms with E-state index in [-0.39, 0.29) is 30.4 Å². The van der Waals surface area contributed by atoms with E-state index >= 15 is 0 Å². The van der Waals surface area contributed by atoms with Crippen molar-refractivity contribution in [1.82, 2.24) is 15.1 Å². The zero-order chi connectivity index (χ0) is 14.7. The molecular weight excluding hydrogens is 353 g/mol. The fraction of sp³-hybridized carbons (Fsp3) is 0.688. The molecule has 1 atom stereocenters. The molecule has 1 unspecified atom stereocenters. The van der Waals surface area contributed by atoms with Crippen LogP contribution in [0.2, 0.25) is 0 Å². The summed E-state index contributed by atoms with van der Waals surface area (Å²) in [5, 5.41) is 5.57. The van der Waals surface area contributed by atoms with Gasteiger partial charge in [0.15, 0.2) is 0 Å². The van der Waals surface area contributed by atoms with E-state index in [4.69, 9.17) is 0 Å². The number of hydrogen-bond acceptors (Lipinski definition) is 4. The Labute approximate surface area is 155 Å². The normalized spacial score (nSPS) is 25.3. The molecule has 1 aromatic heterocycles. The predicted octanol–water partition coefficient (Wildman–Crippen LogP) is 2.77. The van der Waals surface area contributed by atoms with Crippen LogP contribution in [-0.2, 0) is 11.3 Å². The molecule has 1 amide bonds. The Morgan fingerprint density at radius 3 is 2.57 bits per heavy atom. The van der Waals surface area contributed by atoms with E-state index in [2.05, 4.69) is 39.6 Å². The van der Waals surface area contributed by atoms with E-state index in [9.17, 15) is 4.79 Å². The first-order valence-corrected chi connectivity index (χ1v) is 8.84. The number of piperidine rings is 1. The lowest BCUT2D eigenvalue weighted by Gasteiger charge is -2.41. The van der Waals surface area contributed by atoms with Crippen molar-refractivity contribution in [3.63, 3.8) is 0 Å². The van der Waals surface area contributed by atoms with Crippen LogP contribution < -0.4 is 5.32 Å². The van der Waals surface area contributed by atoms with Gasteiger partial charge in [0, 0.05) is 37.6 Å². The van der Waals surface area contributed by atoms with Gasteiger partial charge in [0.25, 0.3) is 0 Å². The predicted molar refractivity (Wildman–Crippen MR) is 101 cm³/mol. The molecule has 0 radical (unpaired) electrons. The summed E-state index contributed by atoms with van der Waals surface area (Å²) in [6, 6.07) is 4.30. The Hall–Kier alpha value is -0.330. The van der Waals surface area contributed by atoms with Crippen LogP contribution >= 0.6 is 36.2 Å². The van der Waals surface area contributed by atoms with Gasteiger partial charge in [-0.15, -0.1) is 36.2 Å². The topological polar surface area (TPSA) is 35.6 Å². The fourth-order valence-electron chi connectivity index (χ4n) is 3.32. The first kappa shape index (κ1) is 20.7. The molecule has 2 aliphatic rings. The largest absolute Gasteiger partial charge is 0.339 e. The van der Waals surface area contributed by atoms with Crippen molar-refractivity contribution in [2.75, 3.05) is 32.7 Å². The molecule has 2 fully saturated rings. The second-order valence-electron chi connectivity index (χ2n) is 6.36. The van der Waals surface area contributed by atoms with Crippen LogP contribution in [0.5, 0.6) is 0 Å². The number of thiophene rings is 1. The van der Waals surface area contributed by atoms with Crippen LogP contribution in [0.15, 0.2) is 17.5 Å². The number of rotatable bonds is 3. The lowest BCUT2D eigenvalue weighted by molar-refractivity contribution is -0.140. The average Bonchev–Trinajstić information content (AvgIpc) is 3.01. The summed E-state index contributed by atoms with van der Waals surface area (Å²) in [4.78, 5) is 18.7. The third-order valence-electron chi connectivity index (χ3n) is 4.71. The maximum Gasteiger partial charge on any atom is 0.242 e. The van der Waals surface area contributed by atoms with Crippen molar-refractivity contribution in [3.8, 4) is 0 Å². The van der Waals surface area contributed by atoms with Gasteiger partial charge in [-0.1, -0.05) is 6.07 Å². The van der Waals surface area contributed by atoms with Crippen molar-refractivity contribution in [1.29, 1.82) is 0 Å². The molecule has 3 rings (SSSR count). The molecule has 0 saturated carbocycles. The van der Waals surface area contributed by atoms with Gasteiger partial charge in [-0.3, -0.25) is 9.69 Å². The average molecular weight is 380 g/mol. The molecule has 0 aliphatic carbocycles. The number of carbonyl (C=O) groups is 1. The number of amides is 1. The van der Waals surface area contributed by atoms with Crippen LogP contribution in [-0.4, -0.2) is 54.0 Å². The third-order valence-corrected chi connectivity index (χ3v) is 5.57. The van der Waals surface area contributed by atoms with Crippen molar-refractivity contribution < 1.29 is 4.79 Å². The van der Waals surface area contributed by atoms with E-state index in [1.54, 1.807) is 0 Å². The standard InChI is InChI=1S/C16H25N3OS.2ClH/c1-16(6-2-3-7-17-16)15(20)19-10-8-18(9-11-19)13-14-5-4-12-21-14;;/h4-5,12,17H,2-3,6-11,13H2,1H3;2*1H. The minimum absolute atomic E-state index is 0. The Bertz CT molecular complexity index is 470. The molecule has 0 bridgehead atoms. The third kappa shape index (κ3) is 5.07. The summed E-state index contributed by atoms with van der Waals surface area (Å²) in [6.07, 6.45) is 3.33. The van der Waals surface area contributed by atoms with Gasteiger partial charge in [-0.2, -0.15) is 0 Å². The monoisotopic (exact) mass is 379 g/mol. The summed E-state index contributed by atoms with van der Waals surface area (Å²) in [6.45, 7) is 7.77. The van der Waals surface area contributed by atoms with Crippen molar-refractivity contribution in [2.45, 2.75) is 38.3 Å². The van der Waals surface area contributed by atoms with E-state index in [0.717, 1.165) is 52.1 Å². The van der Waals surface area contributed by atoms with Crippen LogP contribution in [0.25, 0.3) is 0 Å². The zero-order valence-corrected chi connectivity index (χ0v) is 16.1. The Morgan fingerprint density at radius 2 is 2.00 bits per heavy atom. The number of halogens is 2. The van der Waals surface area contributed by atoms with E-state index in [1.807, 2.05) is 11.3 Å². The number of carbonyl (C=O) groups excluding carboxylic acids is 1. The van der Waals surface area contributed by atoms with Crippen molar-refractivity contribution in [3.05, 3.63) is 22.4 Å². The molecular formula is C16H27Cl2N3OS. The summed E-state index contributed by atoms with van der Waals surface area (Å²) in [5.41, 5.74) is -0.325. The molecule has 4 nitrogen and oxygen atoms in total. The van der Waals surface area contributed by atoms with Crippen molar-refractivity contribution >= 4 is 42.1 Å². The number of nitrogens with one attached hydrogen (secondary N) is 1. The molecule has 1 N–H and O–H groups in total. The molecule has 3 heterocycles. The first-order chi connectivity index (χ1) is 10.2. The Morgan fingerprint density at radius 1 is 1.26 bits per heavy atom. The molecule has 2 aliphatic heterocycles. The minimum Gasteiger partial charge on any atom is -0.339 e. The molecule has 2 saturated heterocycles. The Kier molecular flexibility index (Phi) is 8.31. The smallest absolute Gasteiger partial charge is 0.242 e. The SMILES string of the molecule is CC1(C(=O)N2CCN(Cc3cccs3)CC2)CCCCN1.Cl.Cl. The fourth-order valence-corrected chi connectivity index (χ4v) is 4.07. The Balaban J connectivity index is 0.00000132. The quantitative estimate of drug-likeness (QED) is 0.876.